The Balaban J connectivity index is 1.86. The van der Waals surface area contributed by atoms with Gasteiger partial charge in [-0.2, -0.15) is 0 Å². The van der Waals surface area contributed by atoms with Crippen molar-refractivity contribution in [3.63, 3.8) is 0 Å². The molecular formula is C25H37N3O5. The van der Waals surface area contributed by atoms with Crippen molar-refractivity contribution in [2.45, 2.75) is 96.9 Å². The Labute approximate surface area is 196 Å². The molecule has 3 N–H and O–H groups in total. The maximum Gasteiger partial charge on any atom is 0.411 e. The van der Waals surface area contributed by atoms with Gasteiger partial charge < -0.3 is 20.4 Å². The quantitative estimate of drug-likeness (QED) is 0.225. The smallest absolute Gasteiger partial charge is 0.411 e. The number of carbonyl (C=O) groups excluding carboxylic acids is 2. The lowest BCUT2D eigenvalue weighted by atomic mass is 9.77. The first kappa shape index (κ1) is 24.9. The Morgan fingerprint density at radius 1 is 1.09 bits per heavy atom. The second-order valence-electron chi connectivity index (χ2n) is 11.1. The SMILES string of the molecule is CC(C)(C)OC(=O)C1CC(N(C(=O)OC(C)(C)C)C2CCCc3cc(C(N)=NO)ccc32)C1. The van der Waals surface area contributed by atoms with E-state index in [0.717, 1.165) is 30.4 Å². The van der Waals surface area contributed by atoms with Crippen molar-refractivity contribution in [1.82, 2.24) is 4.90 Å². The first-order valence-corrected chi connectivity index (χ1v) is 11.6. The monoisotopic (exact) mass is 459 g/mol. The largest absolute Gasteiger partial charge is 0.460 e. The highest BCUT2D eigenvalue weighted by Gasteiger charge is 2.46. The number of ether oxygens (including phenoxy) is 2. The van der Waals surface area contributed by atoms with Crippen LogP contribution in [0.5, 0.6) is 0 Å². The van der Waals surface area contributed by atoms with Gasteiger partial charge in [-0.1, -0.05) is 17.3 Å². The van der Waals surface area contributed by atoms with E-state index < -0.39 is 11.2 Å². The lowest BCUT2D eigenvalue weighted by molar-refractivity contribution is -0.165. The van der Waals surface area contributed by atoms with E-state index in [9.17, 15) is 9.59 Å². The van der Waals surface area contributed by atoms with Crippen LogP contribution in [0.3, 0.4) is 0 Å². The predicted molar refractivity (Wildman–Crippen MR) is 125 cm³/mol. The van der Waals surface area contributed by atoms with Gasteiger partial charge in [-0.15, -0.1) is 0 Å². The number of fused-ring (bicyclic) bond motifs is 1. The number of rotatable bonds is 4. The zero-order valence-electron chi connectivity index (χ0n) is 20.6. The van der Waals surface area contributed by atoms with Crippen molar-refractivity contribution in [3.05, 3.63) is 34.9 Å². The lowest BCUT2D eigenvalue weighted by Gasteiger charge is -2.47. The number of oxime groups is 1. The topological polar surface area (TPSA) is 114 Å². The number of carbonyl (C=O) groups is 2. The molecule has 182 valence electrons. The molecule has 2 aliphatic rings. The van der Waals surface area contributed by atoms with Crippen LogP contribution < -0.4 is 5.73 Å². The molecule has 1 aromatic rings. The number of aryl methyl sites for hydroxylation is 1. The molecule has 33 heavy (non-hydrogen) atoms. The molecule has 2 aliphatic carbocycles. The van der Waals surface area contributed by atoms with Gasteiger partial charge in [0.2, 0.25) is 0 Å². The van der Waals surface area contributed by atoms with Crippen molar-refractivity contribution in [3.8, 4) is 0 Å². The van der Waals surface area contributed by atoms with Crippen LogP contribution in [0.1, 0.15) is 90.0 Å². The van der Waals surface area contributed by atoms with Gasteiger partial charge in [0.05, 0.1) is 12.0 Å². The molecule has 0 spiro atoms. The van der Waals surface area contributed by atoms with Crippen molar-refractivity contribution in [1.29, 1.82) is 0 Å². The van der Waals surface area contributed by atoms with Crippen LogP contribution in [0, 0.1) is 5.92 Å². The Morgan fingerprint density at radius 2 is 1.73 bits per heavy atom. The third kappa shape index (κ3) is 5.97. The van der Waals surface area contributed by atoms with E-state index in [2.05, 4.69) is 5.16 Å². The number of amides is 1. The van der Waals surface area contributed by atoms with E-state index in [0.29, 0.717) is 18.4 Å². The highest BCUT2D eigenvalue weighted by Crippen LogP contribution is 2.43. The average Bonchev–Trinajstić information content (AvgIpc) is 2.66. The maximum atomic E-state index is 13.3. The molecule has 0 bridgehead atoms. The van der Waals surface area contributed by atoms with E-state index in [1.807, 2.05) is 64.6 Å². The number of nitrogens with two attached hydrogens (primary N) is 1. The molecule has 8 heteroatoms. The average molecular weight is 460 g/mol. The second kappa shape index (κ2) is 9.23. The number of benzene rings is 1. The van der Waals surface area contributed by atoms with Crippen LogP contribution >= 0.6 is 0 Å². The third-order valence-corrected chi connectivity index (χ3v) is 6.02. The summed E-state index contributed by atoms with van der Waals surface area (Å²) >= 11 is 0. The van der Waals surface area contributed by atoms with Crippen LogP contribution in [0.2, 0.25) is 0 Å². The summed E-state index contributed by atoms with van der Waals surface area (Å²) in [5.41, 5.74) is 7.38. The summed E-state index contributed by atoms with van der Waals surface area (Å²) in [5.74, 6) is -0.372. The van der Waals surface area contributed by atoms with Gasteiger partial charge in [0, 0.05) is 11.6 Å². The lowest BCUT2D eigenvalue weighted by Crippen LogP contribution is -2.53. The molecule has 0 aliphatic heterocycles. The number of hydrogen-bond acceptors (Lipinski definition) is 6. The molecule has 1 unspecified atom stereocenters. The Hall–Kier alpha value is -2.77. The van der Waals surface area contributed by atoms with Crippen LogP contribution in [0.15, 0.2) is 23.4 Å². The molecule has 0 saturated heterocycles. The molecule has 8 nitrogen and oxygen atoms in total. The van der Waals surface area contributed by atoms with E-state index in [-0.39, 0.29) is 35.9 Å². The molecule has 3 rings (SSSR count). The van der Waals surface area contributed by atoms with Crippen molar-refractivity contribution in [2.75, 3.05) is 0 Å². The fraction of sp³-hybridized carbons (Fsp3) is 0.640. The summed E-state index contributed by atoms with van der Waals surface area (Å²) in [6.45, 7) is 11.1. The van der Waals surface area contributed by atoms with E-state index >= 15 is 0 Å². The maximum absolute atomic E-state index is 13.3. The molecule has 1 fully saturated rings. The Morgan fingerprint density at radius 3 is 2.30 bits per heavy atom. The minimum absolute atomic E-state index is 0.0584. The molecule has 0 aromatic heterocycles. The molecule has 1 aromatic carbocycles. The predicted octanol–water partition coefficient (Wildman–Crippen LogP) is 4.52. The second-order valence-corrected chi connectivity index (χ2v) is 11.1. The fourth-order valence-electron chi connectivity index (χ4n) is 4.53. The number of hydrogen-bond donors (Lipinski definition) is 2. The van der Waals surface area contributed by atoms with Crippen molar-refractivity contribution >= 4 is 17.9 Å². The zero-order chi connectivity index (χ0) is 24.6. The molecule has 1 saturated carbocycles. The minimum Gasteiger partial charge on any atom is -0.460 e. The van der Waals surface area contributed by atoms with Crippen LogP contribution in [0.4, 0.5) is 4.79 Å². The summed E-state index contributed by atoms with van der Waals surface area (Å²) in [6, 6.07) is 5.43. The highest BCUT2D eigenvalue weighted by molar-refractivity contribution is 5.97. The summed E-state index contributed by atoms with van der Waals surface area (Å²) in [7, 11) is 0. The van der Waals surface area contributed by atoms with Crippen LogP contribution in [-0.2, 0) is 20.7 Å². The van der Waals surface area contributed by atoms with Gasteiger partial charge in [0.25, 0.3) is 0 Å². The van der Waals surface area contributed by atoms with Gasteiger partial charge in [0.15, 0.2) is 5.84 Å². The van der Waals surface area contributed by atoms with E-state index in [4.69, 9.17) is 20.4 Å². The summed E-state index contributed by atoms with van der Waals surface area (Å²) in [6.07, 6.45) is 3.31. The standard InChI is InChI=1S/C25H37N3O5/c1-24(2,3)32-22(29)17-13-18(14-17)28(23(30)33-25(4,5)6)20-9-7-8-15-12-16(21(26)27-31)10-11-19(15)20/h10-12,17-18,20,31H,7-9,13-14H2,1-6H3,(H2,26,27). The number of nitrogens with zero attached hydrogens (tertiary/aromatic N) is 2. The van der Waals surface area contributed by atoms with Gasteiger partial charge in [0.1, 0.15) is 11.2 Å². The Bertz CT molecular complexity index is 923. The molecule has 1 amide bonds. The van der Waals surface area contributed by atoms with Gasteiger partial charge >= 0.3 is 12.1 Å². The van der Waals surface area contributed by atoms with E-state index in [1.54, 1.807) is 0 Å². The fourth-order valence-corrected chi connectivity index (χ4v) is 4.53. The van der Waals surface area contributed by atoms with Crippen LogP contribution in [-0.4, -0.2) is 45.2 Å². The molecule has 1 atom stereocenters. The highest BCUT2D eigenvalue weighted by atomic mass is 16.6. The first-order valence-electron chi connectivity index (χ1n) is 11.6. The molecule has 0 heterocycles. The third-order valence-electron chi connectivity index (χ3n) is 6.02. The molecular weight excluding hydrogens is 422 g/mol. The zero-order valence-corrected chi connectivity index (χ0v) is 20.6. The summed E-state index contributed by atoms with van der Waals surface area (Å²) in [5, 5.41) is 12.1. The van der Waals surface area contributed by atoms with Gasteiger partial charge in [-0.05, 0) is 90.8 Å². The Kier molecular flexibility index (Phi) is 6.96. The summed E-state index contributed by atoms with van der Waals surface area (Å²) < 4.78 is 11.3. The molecule has 0 radical (unpaired) electrons. The van der Waals surface area contributed by atoms with Crippen molar-refractivity contribution < 1.29 is 24.3 Å². The van der Waals surface area contributed by atoms with Crippen molar-refractivity contribution in [2.24, 2.45) is 16.8 Å². The number of amidine groups is 1. The number of esters is 1. The van der Waals surface area contributed by atoms with Gasteiger partial charge in [-0.3, -0.25) is 9.69 Å². The van der Waals surface area contributed by atoms with Gasteiger partial charge in [-0.25, -0.2) is 4.79 Å². The van der Waals surface area contributed by atoms with Crippen LogP contribution in [0.25, 0.3) is 0 Å². The van der Waals surface area contributed by atoms with E-state index in [1.165, 1.54) is 0 Å². The summed E-state index contributed by atoms with van der Waals surface area (Å²) in [4.78, 5) is 27.7. The first-order chi connectivity index (χ1) is 15.3. The normalized spacial score (nSPS) is 23.2. The minimum atomic E-state index is -0.628.